The molecule has 0 aliphatic rings. The number of aryl methyl sites for hydroxylation is 1. The van der Waals surface area contributed by atoms with Gasteiger partial charge in [0.15, 0.2) is 0 Å². The smallest absolute Gasteiger partial charge is 0.274 e. The molecule has 0 unspecified atom stereocenters. The minimum absolute atomic E-state index is 0.274. The predicted molar refractivity (Wildman–Crippen MR) is 75.2 cm³/mol. The molecular formula is C13H14BrN3O2. The summed E-state index contributed by atoms with van der Waals surface area (Å²) in [6.07, 6.45) is 0. The number of hydrogen-bond acceptors (Lipinski definition) is 3. The Bertz CT molecular complexity index is 605. The summed E-state index contributed by atoms with van der Waals surface area (Å²) in [7, 11) is 1.40. The van der Waals surface area contributed by atoms with Crippen LogP contribution in [0, 0.1) is 13.8 Å². The number of halogens is 1. The molecule has 1 heterocycles. The fraction of sp³-hybridized carbons (Fsp3) is 0.231. The van der Waals surface area contributed by atoms with Gasteiger partial charge in [-0.15, -0.1) is 0 Å². The quantitative estimate of drug-likeness (QED) is 0.883. The van der Waals surface area contributed by atoms with Crippen molar-refractivity contribution in [1.82, 2.24) is 15.3 Å². The van der Waals surface area contributed by atoms with E-state index in [-0.39, 0.29) is 5.91 Å². The first-order chi connectivity index (χ1) is 9.04. The highest BCUT2D eigenvalue weighted by Gasteiger charge is 2.11. The predicted octanol–water partition coefficient (Wildman–Crippen LogP) is 2.54. The Balaban J connectivity index is 2.32. The van der Waals surface area contributed by atoms with Gasteiger partial charge in [0.25, 0.3) is 5.91 Å². The molecule has 0 aliphatic heterocycles. The minimum Gasteiger partial charge on any atom is -0.277 e. The zero-order chi connectivity index (χ0) is 14.0. The molecule has 100 valence electrons. The molecule has 0 spiro atoms. The lowest BCUT2D eigenvalue weighted by Gasteiger charge is -2.06. The first kappa shape index (κ1) is 13.8. The van der Waals surface area contributed by atoms with Gasteiger partial charge in [0, 0.05) is 5.56 Å². The average Bonchev–Trinajstić information content (AvgIpc) is 2.67. The van der Waals surface area contributed by atoms with Gasteiger partial charge in [0.2, 0.25) is 0 Å². The van der Waals surface area contributed by atoms with Crippen molar-refractivity contribution in [3.8, 4) is 5.69 Å². The number of amides is 1. The van der Waals surface area contributed by atoms with E-state index in [9.17, 15) is 4.79 Å². The third-order valence-corrected chi connectivity index (χ3v) is 3.92. The number of hydrogen-bond donors (Lipinski definition) is 1. The number of aromatic nitrogens is 2. The van der Waals surface area contributed by atoms with E-state index >= 15 is 0 Å². The van der Waals surface area contributed by atoms with Gasteiger partial charge in [0.05, 0.1) is 28.7 Å². The summed E-state index contributed by atoms with van der Waals surface area (Å²) in [6.45, 7) is 3.92. The fourth-order valence-electron chi connectivity index (χ4n) is 1.78. The molecule has 6 heteroatoms. The van der Waals surface area contributed by atoms with Crippen LogP contribution in [0.5, 0.6) is 0 Å². The summed E-state index contributed by atoms with van der Waals surface area (Å²) in [5.41, 5.74) is 5.66. The molecule has 1 amide bonds. The van der Waals surface area contributed by atoms with Crippen molar-refractivity contribution in [2.45, 2.75) is 13.8 Å². The maximum Gasteiger partial charge on any atom is 0.274 e. The lowest BCUT2D eigenvalue weighted by molar-refractivity contribution is 0.0537. The van der Waals surface area contributed by atoms with E-state index in [1.165, 1.54) is 7.11 Å². The Morgan fingerprint density at radius 1 is 1.32 bits per heavy atom. The second-order valence-electron chi connectivity index (χ2n) is 4.08. The van der Waals surface area contributed by atoms with Gasteiger partial charge >= 0.3 is 0 Å². The molecule has 1 aromatic carbocycles. The molecule has 0 saturated heterocycles. The van der Waals surface area contributed by atoms with E-state index in [1.807, 2.05) is 30.7 Å². The van der Waals surface area contributed by atoms with Crippen LogP contribution in [0.2, 0.25) is 0 Å². The Morgan fingerprint density at radius 2 is 1.95 bits per heavy atom. The second-order valence-corrected chi connectivity index (χ2v) is 4.87. The number of benzene rings is 1. The first-order valence-corrected chi connectivity index (χ1v) is 6.49. The van der Waals surface area contributed by atoms with Crippen LogP contribution < -0.4 is 5.48 Å². The number of carbonyl (C=O) groups excluding carboxylic acids is 1. The Labute approximate surface area is 119 Å². The fourth-order valence-corrected chi connectivity index (χ4v) is 2.03. The van der Waals surface area contributed by atoms with Gasteiger partial charge < -0.3 is 0 Å². The van der Waals surface area contributed by atoms with Crippen LogP contribution in [0.1, 0.15) is 21.7 Å². The summed E-state index contributed by atoms with van der Waals surface area (Å²) in [5.74, 6) is -0.274. The highest BCUT2D eigenvalue weighted by molar-refractivity contribution is 9.10. The second kappa shape index (κ2) is 5.54. The molecule has 0 fully saturated rings. The Hall–Kier alpha value is -1.66. The average molecular weight is 324 g/mol. The summed E-state index contributed by atoms with van der Waals surface area (Å²) < 4.78 is 2.82. The third-order valence-electron chi connectivity index (χ3n) is 2.77. The molecule has 0 saturated carbocycles. The number of hydroxylamine groups is 1. The summed E-state index contributed by atoms with van der Waals surface area (Å²) in [4.78, 5) is 16.1. The third kappa shape index (κ3) is 2.69. The molecule has 5 nitrogen and oxygen atoms in total. The Morgan fingerprint density at radius 3 is 2.42 bits per heavy atom. The largest absolute Gasteiger partial charge is 0.277 e. The molecular weight excluding hydrogens is 310 g/mol. The molecule has 2 rings (SSSR count). The van der Waals surface area contributed by atoms with Crippen molar-refractivity contribution < 1.29 is 9.63 Å². The molecule has 19 heavy (non-hydrogen) atoms. The molecule has 0 bridgehead atoms. The zero-order valence-electron chi connectivity index (χ0n) is 10.9. The molecule has 2 aromatic rings. The van der Waals surface area contributed by atoms with E-state index in [2.05, 4.69) is 31.3 Å². The van der Waals surface area contributed by atoms with Crippen LogP contribution in [0.25, 0.3) is 5.69 Å². The number of nitrogens with zero attached hydrogens (tertiary/aromatic N) is 2. The van der Waals surface area contributed by atoms with Gasteiger partial charge in [0.1, 0.15) is 0 Å². The minimum atomic E-state index is -0.274. The zero-order valence-corrected chi connectivity index (χ0v) is 12.5. The van der Waals surface area contributed by atoms with E-state index in [0.717, 1.165) is 21.5 Å². The van der Waals surface area contributed by atoms with Crippen molar-refractivity contribution in [3.05, 3.63) is 45.7 Å². The van der Waals surface area contributed by atoms with E-state index in [4.69, 9.17) is 0 Å². The van der Waals surface area contributed by atoms with Gasteiger partial charge in [-0.05, 0) is 54.0 Å². The van der Waals surface area contributed by atoms with Crippen molar-refractivity contribution in [1.29, 1.82) is 0 Å². The monoisotopic (exact) mass is 323 g/mol. The van der Waals surface area contributed by atoms with Crippen LogP contribution in [0.3, 0.4) is 0 Å². The lowest BCUT2D eigenvalue weighted by Crippen LogP contribution is -2.21. The normalized spacial score (nSPS) is 10.5. The van der Waals surface area contributed by atoms with Gasteiger partial charge in [-0.2, -0.15) is 5.10 Å². The van der Waals surface area contributed by atoms with E-state index in [0.29, 0.717) is 5.56 Å². The number of rotatable bonds is 3. The molecule has 0 atom stereocenters. The number of nitrogens with one attached hydrogen (secondary N) is 1. The maximum absolute atomic E-state index is 11.6. The van der Waals surface area contributed by atoms with Crippen LogP contribution in [0.15, 0.2) is 28.7 Å². The SMILES string of the molecule is CONC(=O)c1ccc(-n2nc(C)c(Br)c2C)cc1. The summed E-state index contributed by atoms with van der Waals surface area (Å²) >= 11 is 3.49. The van der Waals surface area contributed by atoms with Crippen LogP contribution >= 0.6 is 15.9 Å². The van der Waals surface area contributed by atoms with Crippen molar-refractivity contribution in [2.24, 2.45) is 0 Å². The summed E-state index contributed by atoms with van der Waals surface area (Å²) in [6, 6.07) is 7.15. The van der Waals surface area contributed by atoms with Crippen molar-refractivity contribution >= 4 is 21.8 Å². The van der Waals surface area contributed by atoms with Crippen LogP contribution in [0.4, 0.5) is 0 Å². The molecule has 1 N–H and O–H groups in total. The Kier molecular flexibility index (Phi) is 4.01. The molecule has 1 aromatic heterocycles. The van der Waals surface area contributed by atoms with Gasteiger partial charge in [-0.3, -0.25) is 9.63 Å². The maximum atomic E-state index is 11.6. The molecule has 0 radical (unpaired) electrons. The van der Waals surface area contributed by atoms with Crippen LogP contribution in [-0.4, -0.2) is 22.8 Å². The van der Waals surface area contributed by atoms with E-state index < -0.39 is 0 Å². The highest BCUT2D eigenvalue weighted by Crippen LogP contribution is 2.23. The van der Waals surface area contributed by atoms with Crippen molar-refractivity contribution in [2.75, 3.05) is 7.11 Å². The van der Waals surface area contributed by atoms with Crippen LogP contribution in [-0.2, 0) is 4.84 Å². The summed E-state index contributed by atoms with van der Waals surface area (Å²) in [5, 5.41) is 4.44. The van der Waals surface area contributed by atoms with Gasteiger partial charge in [-0.1, -0.05) is 0 Å². The standard InChI is InChI=1S/C13H14BrN3O2/c1-8-12(14)9(2)17(15-8)11-6-4-10(5-7-11)13(18)16-19-3/h4-7H,1-3H3,(H,16,18). The lowest BCUT2D eigenvalue weighted by atomic mass is 10.2. The number of carbonyl (C=O) groups is 1. The highest BCUT2D eigenvalue weighted by atomic mass is 79.9. The topological polar surface area (TPSA) is 56.1 Å². The first-order valence-electron chi connectivity index (χ1n) is 5.70. The molecule has 0 aliphatic carbocycles. The van der Waals surface area contributed by atoms with E-state index in [1.54, 1.807) is 12.1 Å². The van der Waals surface area contributed by atoms with Crippen molar-refractivity contribution in [3.63, 3.8) is 0 Å². The van der Waals surface area contributed by atoms with Gasteiger partial charge in [-0.25, -0.2) is 10.2 Å².